The van der Waals surface area contributed by atoms with Gasteiger partial charge in [0.1, 0.15) is 0 Å². The Morgan fingerprint density at radius 2 is 1.88 bits per heavy atom. The van der Waals surface area contributed by atoms with E-state index in [4.69, 9.17) is 0 Å². The number of hydrogen-bond donors (Lipinski definition) is 2. The number of piperazine rings is 1. The van der Waals surface area contributed by atoms with Crippen molar-refractivity contribution >= 4 is 11.4 Å². The summed E-state index contributed by atoms with van der Waals surface area (Å²) in [5.74, 6) is 0. The van der Waals surface area contributed by atoms with Crippen LogP contribution in [0.4, 0.5) is 11.4 Å². The minimum absolute atomic E-state index is 1.11. The molecule has 2 N–H and O–H groups in total. The van der Waals surface area contributed by atoms with Crippen molar-refractivity contribution in [2.24, 2.45) is 0 Å². The van der Waals surface area contributed by atoms with E-state index in [1.807, 2.05) is 0 Å². The molecule has 3 rings (SSSR count). The zero-order chi connectivity index (χ0) is 11.5. The molecule has 0 unspecified atom stereocenters. The van der Waals surface area contributed by atoms with E-state index in [9.17, 15) is 0 Å². The fourth-order valence-corrected chi connectivity index (χ4v) is 2.85. The van der Waals surface area contributed by atoms with Crippen LogP contribution in [0.3, 0.4) is 0 Å². The summed E-state index contributed by atoms with van der Waals surface area (Å²) in [6.45, 7) is 5.61. The molecule has 0 aliphatic carbocycles. The first-order chi connectivity index (χ1) is 8.45. The van der Waals surface area contributed by atoms with Crippen LogP contribution in [0.25, 0.3) is 0 Å². The van der Waals surface area contributed by atoms with Crippen LogP contribution >= 0.6 is 0 Å². The molecule has 0 saturated carbocycles. The van der Waals surface area contributed by atoms with Gasteiger partial charge >= 0.3 is 0 Å². The smallest absolute Gasteiger partial charge is 0.0420 e. The van der Waals surface area contributed by atoms with Gasteiger partial charge in [0.05, 0.1) is 0 Å². The van der Waals surface area contributed by atoms with E-state index in [1.165, 1.54) is 36.2 Å². The molecule has 0 spiro atoms. The van der Waals surface area contributed by atoms with E-state index >= 15 is 0 Å². The second-order valence-electron chi connectivity index (χ2n) is 4.92. The normalized spacial score (nSPS) is 20.4. The van der Waals surface area contributed by atoms with Gasteiger partial charge in [-0.2, -0.15) is 0 Å². The van der Waals surface area contributed by atoms with Crippen molar-refractivity contribution in [1.82, 2.24) is 5.32 Å². The molecule has 92 valence electrons. The summed E-state index contributed by atoms with van der Waals surface area (Å²) in [5, 5.41) is 6.98. The predicted octanol–water partition coefficient (Wildman–Crippen LogP) is 1.84. The van der Waals surface area contributed by atoms with E-state index in [1.54, 1.807) is 0 Å². The third-order valence-electron chi connectivity index (χ3n) is 3.78. The molecule has 2 heterocycles. The lowest BCUT2D eigenvalue weighted by Crippen LogP contribution is -2.43. The molecule has 2 aliphatic rings. The third kappa shape index (κ3) is 2.25. The standard InChI is InChI=1S/C14H21N3/c1-2-7-16-13-5-3-6-14(12(13)4-1)17-10-8-15-9-11-17/h3,5-6,15-16H,1-2,4,7-11H2. The number of nitrogens with zero attached hydrogens (tertiary/aromatic N) is 1. The van der Waals surface area contributed by atoms with Crippen molar-refractivity contribution in [3.8, 4) is 0 Å². The molecule has 0 amide bonds. The molecule has 0 radical (unpaired) electrons. The minimum Gasteiger partial charge on any atom is -0.385 e. The highest BCUT2D eigenvalue weighted by Crippen LogP contribution is 2.31. The number of fused-ring (bicyclic) bond motifs is 1. The minimum atomic E-state index is 1.11. The molecular weight excluding hydrogens is 210 g/mol. The van der Waals surface area contributed by atoms with Crippen molar-refractivity contribution in [2.45, 2.75) is 19.3 Å². The average molecular weight is 231 g/mol. The van der Waals surface area contributed by atoms with Gasteiger partial charge in [0.2, 0.25) is 0 Å². The summed E-state index contributed by atoms with van der Waals surface area (Å²) in [6.07, 6.45) is 3.82. The molecule has 3 heteroatoms. The highest BCUT2D eigenvalue weighted by atomic mass is 15.2. The van der Waals surface area contributed by atoms with Gasteiger partial charge in [-0.25, -0.2) is 0 Å². The maximum absolute atomic E-state index is 3.56. The lowest BCUT2D eigenvalue weighted by Gasteiger charge is -2.31. The Morgan fingerprint density at radius 3 is 2.76 bits per heavy atom. The Balaban J connectivity index is 1.92. The highest BCUT2D eigenvalue weighted by molar-refractivity contribution is 5.67. The summed E-state index contributed by atoms with van der Waals surface area (Å²) in [6, 6.07) is 6.71. The number of rotatable bonds is 1. The Bertz CT molecular complexity index is 383. The van der Waals surface area contributed by atoms with Crippen molar-refractivity contribution in [3.63, 3.8) is 0 Å². The lowest BCUT2D eigenvalue weighted by atomic mass is 10.0. The molecule has 1 saturated heterocycles. The van der Waals surface area contributed by atoms with Gasteiger partial charge in [0.15, 0.2) is 0 Å². The predicted molar refractivity (Wildman–Crippen MR) is 73.0 cm³/mol. The van der Waals surface area contributed by atoms with E-state index in [0.717, 1.165) is 32.7 Å². The number of anilines is 2. The molecular formula is C14H21N3. The maximum atomic E-state index is 3.56. The van der Waals surface area contributed by atoms with Gasteiger partial charge in [0, 0.05) is 44.1 Å². The van der Waals surface area contributed by atoms with Crippen LogP contribution in [-0.4, -0.2) is 32.7 Å². The molecule has 1 aromatic carbocycles. The topological polar surface area (TPSA) is 27.3 Å². The van der Waals surface area contributed by atoms with Crippen LogP contribution in [0.15, 0.2) is 18.2 Å². The summed E-state index contributed by atoms with van der Waals surface area (Å²) >= 11 is 0. The fourth-order valence-electron chi connectivity index (χ4n) is 2.85. The summed E-state index contributed by atoms with van der Waals surface area (Å²) in [5.41, 5.74) is 4.35. The molecule has 1 fully saturated rings. The number of benzene rings is 1. The lowest BCUT2D eigenvalue weighted by molar-refractivity contribution is 0.587. The average Bonchev–Trinajstić information content (AvgIpc) is 2.64. The maximum Gasteiger partial charge on any atom is 0.0420 e. The second-order valence-corrected chi connectivity index (χ2v) is 4.92. The van der Waals surface area contributed by atoms with Gasteiger partial charge in [-0.05, 0) is 37.0 Å². The summed E-state index contributed by atoms with van der Waals surface area (Å²) in [4.78, 5) is 2.53. The molecule has 1 aromatic rings. The Hall–Kier alpha value is -1.22. The van der Waals surface area contributed by atoms with Crippen LogP contribution in [0, 0.1) is 0 Å². The Labute approximate surface area is 103 Å². The van der Waals surface area contributed by atoms with Crippen LogP contribution in [0.2, 0.25) is 0 Å². The van der Waals surface area contributed by atoms with Gasteiger partial charge < -0.3 is 15.5 Å². The van der Waals surface area contributed by atoms with Crippen molar-refractivity contribution < 1.29 is 0 Å². The first-order valence-corrected chi connectivity index (χ1v) is 6.76. The van der Waals surface area contributed by atoms with E-state index < -0.39 is 0 Å². The Kier molecular flexibility index (Phi) is 3.18. The molecule has 0 aromatic heterocycles. The first-order valence-electron chi connectivity index (χ1n) is 6.76. The van der Waals surface area contributed by atoms with E-state index in [-0.39, 0.29) is 0 Å². The van der Waals surface area contributed by atoms with E-state index in [0.29, 0.717) is 0 Å². The largest absolute Gasteiger partial charge is 0.385 e. The third-order valence-corrected chi connectivity index (χ3v) is 3.78. The van der Waals surface area contributed by atoms with Crippen LogP contribution in [0.1, 0.15) is 18.4 Å². The molecule has 0 atom stereocenters. The fraction of sp³-hybridized carbons (Fsp3) is 0.571. The summed E-state index contributed by atoms with van der Waals surface area (Å²) < 4.78 is 0. The van der Waals surface area contributed by atoms with E-state index in [2.05, 4.69) is 33.7 Å². The quantitative estimate of drug-likeness (QED) is 0.772. The van der Waals surface area contributed by atoms with Crippen molar-refractivity contribution in [3.05, 3.63) is 23.8 Å². The molecule has 0 bridgehead atoms. The van der Waals surface area contributed by atoms with Crippen molar-refractivity contribution in [2.75, 3.05) is 42.9 Å². The van der Waals surface area contributed by atoms with Gasteiger partial charge in [-0.15, -0.1) is 0 Å². The van der Waals surface area contributed by atoms with Gasteiger partial charge in [0.25, 0.3) is 0 Å². The Morgan fingerprint density at radius 1 is 1.00 bits per heavy atom. The monoisotopic (exact) mass is 231 g/mol. The van der Waals surface area contributed by atoms with Crippen LogP contribution in [-0.2, 0) is 6.42 Å². The number of nitrogens with one attached hydrogen (secondary N) is 2. The molecule has 3 nitrogen and oxygen atoms in total. The number of hydrogen-bond acceptors (Lipinski definition) is 3. The zero-order valence-corrected chi connectivity index (χ0v) is 10.3. The van der Waals surface area contributed by atoms with Gasteiger partial charge in [-0.3, -0.25) is 0 Å². The van der Waals surface area contributed by atoms with Crippen LogP contribution in [0.5, 0.6) is 0 Å². The van der Waals surface area contributed by atoms with Gasteiger partial charge in [-0.1, -0.05) is 6.07 Å². The molecule has 17 heavy (non-hydrogen) atoms. The highest BCUT2D eigenvalue weighted by Gasteiger charge is 2.17. The zero-order valence-electron chi connectivity index (χ0n) is 10.3. The first kappa shape index (κ1) is 10.9. The SMILES string of the molecule is c1cc2c(c(N3CCNCC3)c1)CCCCN2. The molecule has 2 aliphatic heterocycles. The second kappa shape index (κ2) is 4.96. The summed E-state index contributed by atoms with van der Waals surface area (Å²) in [7, 11) is 0. The van der Waals surface area contributed by atoms with Crippen molar-refractivity contribution in [1.29, 1.82) is 0 Å². The van der Waals surface area contributed by atoms with Crippen LogP contribution < -0.4 is 15.5 Å².